The molecule has 0 fully saturated rings. The summed E-state index contributed by atoms with van der Waals surface area (Å²) in [6.07, 6.45) is 1.90. The Balaban J connectivity index is 3.90. The van der Waals surface area contributed by atoms with Crippen molar-refractivity contribution in [3.8, 4) is 0 Å². The molecule has 0 spiro atoms. The third-order valence-electron chi connectivity index (χ3n) is 1.38. The summed E-state index contributed by atoms with van der Waals surface area (Å²) in [5.74, 6) is 0. The van der Waals surface area contributed by atoms with Crippen LogP contribution in [0.5, 0.6) is 0 Å². The Labute approximate surface area is 54.4 Å². The van der Waals surface area contributed by atoms with Gasteiger partial charge in [-0.15, -0.1) is 0 Å². The van der Waals surface area contributed by atoms with Crippen LogP contribution in [-0.4, -0.2) is 18.2 Å². The Bertz CT molecular complexity index is 114. The van der Waals surface area contributed by atoms with Crippen LogP contribution in [0.4, 0.5) is 0 Å². The van der Waals surface area contributed by atoms with E-state index in [1.807, 2.05) is 6.92 Å². The second kappa shape index (κ2) is 3.22. The van der Waals surface area contributed by atoms with E-state index in [4.69, 9.17) is 0 Å². The zero-order valence-electron chi connectivity index (χ0n) is 5.68. The van der Waals surface area contributed by atoms with E-state index in [9.17, 15) is 9.59 Å². The van der Waals surface area contributed by atoms with Gasteiger partial charge in [0.25, 0.3) is 0 Å². The van der Waals surface area contributed by atoms with Crippen molar-refractivity contribution in [1.29, 1.82) is 0 Å². The average Bonchev–Trinajstić information content (AvgIpc) is 1.89. The molecule has 1 N–H and O–H groups in total. The third-order valence-corrected chi connectivity index (χ3v) is 1.38. The van der Waals surface area contributed by atoms with Crippen molar-refractivity contribution < 1.29 is 9.59 Å². The molecular weight excluding hydrogens is 118 g/mol. The predicted octanol–water partition coefficient (Wildman–Crippen LogP) is 0.1000. The summed E-state index contributed by atoms with van der Waals surface area (Å²) in [5, 5.41) is 2.41. The van der Waals surface area contributed by atoms with Crippen LogP contribution < -0.4 is 5.32 Å². The molecule has 0 aliphatic carbocycles. The molecule has 0 aliphatic heterocycles. The molecule has 0 saturated carbocycles. The number of carbonyl (C=O) groups is 2. The molecule has 0 aliphatic rings. The second-order valence-electron chi connectivity index (χ2n) is 2.15. The van der Waals surface area contributed by atoms with Crippen molar-refractivity contribution in [3.05, 3.63) is 0 Å². The van der Waals surface area contributed by atoms with Gasteiger partial charge in [0.05, 0.1) is 5.54 Å². The fourth-order valence-electron chi connectivity index (χ4n) is 0.354. The van der Waals surface area contributed by atoms with Gasteiger partial charge in [0.1, 0.15) is 6.29 Å². The maximum atomic E-state index is 10.2. The maximum absolute atomic E-state index is 10.2. The van der Waals surface area contributed by atoms with E-state index in [2.05, 4.69) is 5.32 Å². The van der Waals surface area contributed by atoms with E-state index >= 15 is 0 Å². The normalized spacial score (nSPS) is 15.8. The van der Waals surface area contributed by atoms with Crippen molar-refractivity contribution in [2.45, 2.75) is 25.8 Å². The number of nitrogens with one attached hydrogen (secondary N) is 1. The van der Waals surface area contributed by atoms with Gasteiger partial charge in [0.15, 0.2) is 0 Å². The van der Waals surface area contributed by atoms with Gasteiger partial charge in [0.2, 0.25) is 6.41 Å². The molecular formula is C6H11NO2. The molecule has 3 nitrogen and oxygen atoms in total. The summed E-state index contributed by atoms with van der Waals surface area (Å²) >= 11 is 0. The van der Waals surface area contributed by atoms with Gasteiger partial charge < -0.3 is 10.1 Å². The van der Waals surface area contributed by atoms with E-state index in [0.717, 1.165) is 6.29 Å². The summed E-state index contributed by atoms with van der Waals surface area (Å²) in [7, 11) is 0. The van der Waals surface area contributed by atoms with E-state index in [0.29, 0.717) is 12.8 Å². The van der Waals surface area contributed by atoms with Crippen molar-refractivity contribution in [2.75, 3.05) is 0 Å². The lowest BCUT2D eigenvalue weighted by Gasteiger charge is -2.18. The van der Waals surface area contributed by atoms with Gasteiger partial charge >= 0.3 is 0 Å². The summed E-state index contributed by atoms with van der Waals surface area (Å²) in [6, 6.07) is 0. The number of aldehydes is 1. The number of hydrogen-bond acceptors (Lipinski definition) is 2. The summed E-state index contributed by atoms with van der Waals surface area (Å²) in [5.41, 5.74) is -0.665. The van der Waals surface area contributed by atoms with Crippen LogP contribution in [0.1, 0.15) is 20.3 Å². The molecule has 0 heterocycles. The van der Waals surface area contributed by atoms with Crippen LogP contribution in [0, 0.1) is 0 Å². The first kappa shape index (κ1) is 8.14. The molecule has 0 aromatic heterocycles. The van der Waals surface area contributed by atoms with Crippen LogP contribution in [0.2, 0.25) is 0 Å². The quantitative estimate of drug-likeness (QED) is 0.547. The minimum atomic E-state index is -0.665. The summed E-state index contributed by atoms with van der Waals surface area (Å²) < 4.78 is 0. The van der Waals surface area contributed by atoms with E-state index in [1.165, 1.54) is 0 Å². The van der Waals surface area contributed by atoms with E-state index < -0.39 is 5.54 Å². The van der Waals surface area contributed by atoms with Crippen LogP contribution in [0.25, 0.3) is 0 Å². The Morgan fingerprint density at radius 3 is 2.22 bits per heavy atom. The van der Waals surface area contributed by atoms with E-state index in [-0.39, 0.29) is 0 Å². The Morgan fingerprint density at radius 2 is 2.11 bits per heavy atom. The molecule has 1 atom stereocenters. The average molecular weight is 129 g/mol. The lowest BCUT2D eigenvalue weighted by Crippen LogP contribution is -2.42. The van der Waals surface area contributed by atoms with Gasteiger partial charge in [-0.1, -0.05) is 6.92 Å². The Morgan fingerprint density at radius 1 is 1.56 bits per heavy atom. The molecule has 1 unspecified atom stereocenters. The highest BCUT2D eigenvalue weighted by Gasteiger charge is 2.18. The molecule has 1 amide bonds. The van der Waals surface area contributed by atoms with Gasteiger partial charge in [-0.2, -0.15) is 0 Å². The zero-order chi connectivity index (χ0) is 7.33. The van der Waals surface area contributed by atoms with Gasteiger partial charge in [0, 0.05) is 0 Å². The minimum Gasteiger partial charge on any atom is -0.347 e. The number of carbonyl (C=O) groups excluding carboxylic acids is 2. The first-order chi connectivity index (χ1) is 4.18. The number of rotatable bonds is 4. The molecule has 9 heavy (non-hydrogen) atoms. The van der Waals surface area contributed by atoms with Crippen molar-refractivity contribution >= 4 is 12.7 Å². The largest absolute Gasteiger partial charge is 0.347 e. The molecule has 0 saturated heterocycles. The molecule has 0 bridgehead atoms. The van der Waals surface area contributed by atoms with Crippen molar-refractivity contribution in [1.82, 2.24) is 5.32 Å². The van der Waals surface area contributed by atoms with Crippen LogP contribution >= 0.6 is 0 Å². The summed E-state index contributed by atoms with van der Waals surface area (Å²) in [4.78, 5) is 20.1. The highest BCUT2D eigenvalue weighted by Crippen LogP contribution is 2.02. The molecule has 0 aromatic rings. The van der Waals surface area contributed by atoms with Gasteiger partial charge in [-0.25, -0.2) is 0 Å². The van der Waals surface area contributed by atoms with Crippen molar-refractivity contribution in [2.24, 2.45) is 0 Å². The molecule has 0 aromatic carbocycles. The second-order valence-corrected chi connectivity index (χ2v) is 2.15. The van der Waals surface area contributed by atoms with Crippen LogP contribution in [0.3, 0.4) is 0 Å². The van der Waals surface area contributed by atoms with Gasteiger partial charge in [-0.3, -0.25) is 4.79 Å². The fourth-order valence-corrected chi connectivity index (χ4v) is 0.354. The van der Waals surface area contributed by atoms with E-state index in [1.54, 1.807) is 6.92 Å². The lowest BCUT2D eigenvalue weighted by atomic mass is 10.0. The first-order valence-electron chi connectivity index (χ1n) is 2.86. The molecule has 3 heteroatoms. The maximum Gasteiger partial charge on any atom is 0.207 e. The first-order valence-corrected chi connectivity index (χ1v) is 2.86. The highest BCUT2D eigenvalue weighted by atomic mass is 16.1. The zero-order valence-corrected chi connectivity index (χ0v) is 5.68. The van der Waals surface area contributed by atoms with Gasteiger partial charge in [-0.05, 0) is 13.3 Å². The standard InChI is InChI=1S/C6H11NO2/c1-3-6(2,4-8)7-5-9/h4-5H,3H2,1-2H3,(H,7,9). The smallest absolute Gasteiger partial charge is 0.207 e. The topological polar surface area (TPSA) is 46.2 Å². The molecule has 52 valence electrons. The monoisotopic (exact) mass is 129 g/mol. The van der Waals surface area contributed by atoms with Crippen LogP contribution in [-0.2, 0) is 9.59 Å². The highest BCUT2D eigenvalue weighted by molar-refractivity contribution is 5.68. The SMILES string of the molecule is CCC(C)(C=O)NC=O. The third kappa shape index (κ3) is 2.26. The Hall–Kier alpha value is -0.860. The fraction of sp³-hybridized carbons (Fsp3) is 0.667. The number of hydrogen-bond donors (Lipinski definition) is 1. The number of amides is 1. The summed E-state index contributed by atoms with van der Waals surface area (Å²) in [6.45, 7) is 3.51. The lowest BCUT2D eigenvalue weighted by molar-refractivity contribution is -0.118. The minimum absolute atomic E-state index is 0.540. The molecule has 0 radical (unpaired) electrons. The predicted molar refractivity (Wildman–Crippen MR) is 34.0 cm³/mol. The van der Waals surface area contributed by atoms with Crippen LogP contribution in [0.15, 0.2) is 0 Å². The molecule has 0 rings (SSSR count). The van der Waals surface area contributed by atoms with Crippen molar-refractivity contribution in [3.63, 3.8) is 0 Å². The Kier molecular flexibility index (Phi) is 2.91.